The van der Waals surface area contributed by atoms with E-state index in [4.69, 9.17) is 14.2 Å². The van der Waals surface area contributed by atoms with Crippen LogP contribution in [0.25, 0.3) is 5.76 Å². The number of nitrogens with zero attached hydrogens (tertiary/aromatic N) is 2. The van der Waals surface area contributed by atoms with Crippen molar-refractivity contribution >= 4 is 28.8 Å². The van der Waals surface area contributed by atoms with Gasteiger partial charge in [0, 0.05) is 30.5 Å². The Bertz CT molecular complexity index is 1340. The van der Waals surface area contributed by atoms with E-state index in [1.54, 1.807) is 42.5 Å². The molecule has 8 heteroatoms. The van der Waals surface area contributed by atoms with E-state index in [-0.39, 0.29) is 16.9 Å². The Morgan fingerprint density at radius 2 is 1.47 bits per heavy atom. The van der Waals surface area contributed by atoms with Crippen molar-refractivity contribution in [2.75, 3.05) is 44.2 Å². The average Bonchev–Trinajstić information content (AvgIpc) is 3.23. The number of amides is 1. The molecule has 1 N–H and O–H groups in total. The summed E-state index contributed by atoms with van der Waals surface area (Å²) in [7, 11) is 4.46. The molecular weight excluding hydrogens is 484 g/mol. The summed E-state index contributed by atoms with van der Waals surface area (Å²) in [5, 5.41) is 11.6. The standard InChI is InChI=1S/C30H32N2O6/c1-6-31(7-2)20-16-14-19(15-17-20)27-26(28(33)25-23(37-4)12-9-13-24(25)38-5)29(34)30(35)32(27)21-10-8-11-22(18-21)36-3/h8-18,27,33H,6-7H2,1-5H3/b28-26+. The van der Waals surface area contributed by atoms with Gasteiger partial charge >= 0.3 is 0 Å². The van der Waals surface area contributed by atoms with E-state index in [2.05, 4.69) is 18.7 Å². The third kappa shape index (κ3) is 4.65. The molecule has 1 unspecified atom stereocenters. The summed E-state index contributed by atoms with van der Waals surface area (Å²) in [6.45, 7) is 5.84. The lowest BCUT2D eigenvalue weighted by Crippen LogP contribution is -2.29. The van der Waals surface area contributed by atoms with E-state index >= 15 is 0 Å². The molecule has 3 aromatic rings. The topological polar surface area (TPSA) is 88.5 Å². The van der Waals surface area contributed by atoms with Gasteiger partial charge in [0.15, 0.2) is 0 Å². The van der Waals surface area contributed by atoms with Gasteiger partial charge in [-0.25, -0.2) is 0 Å². The van der Waals surface area contributed by atoms with Crippen LogP contribution < -0.4 is 24.0 Å². The first-order valence-corrected chi connectivity index (χ1v) is 12.4. The SMILES string of the molecule is CCN(CC)c1ccc(C2/C(=C(\O)c3c(OC)cccc3OC)C(=O)C(=O)N2c2cccc(OC)c2)cc1. The van der Waals surface area contributed by atoms with Gasteiger partial charge in [-0.2, -0.15) is 0 Å². The van der Waals surface area contributed by atoms with E-state index in [1.807, 2.05) is 24.3 Å². The van der Waals surface area contributed by atoms with Crippen LogP contribution in [0, 0.1) is 0 Å². The lowest BCUT2D eigenvalue weighted by atomic mass is 9.94. The molecule has 0 aliphatic carbocycles. The molecule has 1 fully saturated rings. The molecule has 1 saturated heterocycles. The van der Waals surface area contributed by atoms with Crippen molar-refractivity contribution in [1.29, 1.82) is 0 Å². The highest BCUT2D eigenvalue weighted by Crippen LogP contribution is 2.45. The van der Waals surface area contributed by atoms with Gasteiger partial charge in [-0.3, -0.25) is 14.5 Å². The molecule has 0 bridgehead atoms. The van der Waals surface area contributed by atoms with Crippen molar-refractivity contribution in [3.8, 4) is 17.2 Å². The summed E-state index contributed by atoms with van der Waals surface area (Å²) in [5.41, 5.74) is 2.29. The first kappa shape index (κ1) is 26.6. The number of ketones is 1. The minimum absolute atomic E-state index is 0.0591. The Labute approximate surface area is 222 Å². The number of ether oxygens (including phenoxy) is 3. The second kappa shape index (κ2) is 11.3. The Kier molecular flexibility index (Phi) is 7.90. The molecular formula is C30H32N2O6. The third-order valence-corrected chi connectivity index (χ3v) is 6.78. The van der Waals surface area contributed by atoms with Gasteiger partial charge in [0.1, 0.15) is 28.6 Å². The fraction of sp³-hybridized carbons (Fsp3) is 0.267. The van der Waals surface area contributed by atoms with Crippen molar-refractivity contribution in [1.82, 2.24) is 0 Å². The maximum Gasteiger partial charge on any atom is 0.300 e. The average molecular weight is 517 g/mol. The van der Waals surface area contributed by atoms with E-state index < -0.39 is 17.7 Å². The number of aliphatic hydroxyl groups is 1. The van der Waals surface area contributed by atoms with Crippen molar-refractivity contribution < 1.29 is 28.9 Å². The Hall–Kier alpha value is -4.46. The molecule has 8 nitrogen and oxygen atoms in total. The smallest absolute Gasteiger partial charge is 0.300 e. The monoisotopic (exact) mass is 516 g/mol. The predicted octanol–water partition coefficient (Wildman–Crippen LogP) is 5.18. The molecule has 0 aromatic heterocycles. The van der Waals surface area contributed by atoms with E-state index in [9.17, 15) is 14.7 Å². The van der Waals surface area contributed by atoms with Gasteiger partial charge < -0.3 is 24.2 Å². The fourth-order valence-corrected chi connectivity index (χ4v) is 4.85. The lowest BCUT2D eigenvalue weighted by Gasteiger charge is -2.27. The molecule has 1 amide bonds. The number of carbonyl (C=O) groups excluding carboxylic acids is 2. The van der Waals surface area contributed by atoms with Crippen LogP contribution in [0.3, 0.4) is 0 Å². The van der Waals surface area contributed by atoms with E-state index in [0.717, 1.165) is 18.8 Å². The number of benzene rings is 3. The largest absolute Gasteiger partial charge is 0.506 e. The van der Waals surface area contributed by atoms with Crippen LogP contribution in [0.2, 0.25) is 0 Å². The van der Waals surface area contributed by atoms with Crippen LogP contribution in [0.1, 0.15) is 31.0 Å². The molecule has 4 rings (SSSR count). The number of hydrogen-bond acceptors (Lipinski definition) is 7. The Balaban J connectivity index is 1.97. The summed E-state index contributed by atoms with van der Waals surface area (Å²) in [6.07, 6.45) is 0. The molecule has 1 heterocycles. The van der Waals surface area contributed by atoms with Crippen LogP contribution in [-0.2, 0) is 9.59 Å². The minimum Gasteiger partial charge on any atom is -0.506 e. The summed E-state index contributed by atoms with van der Waals surface area (Å²) in [6, 6.07) is 18.7. The van der Waals surface area contributed by atoms with Crippen LogP contribution in [0.15, 0.2) is 72.3 Å². The Morgan fingerprint density at radius 1 is 0.868 bits per heavy atom. The number of rotatable bonds is 9. The van der Waals surface area contributed by atoms with Crippen LogP contribution in [-0.4, -0.2) is 51.2 Å². The van der Waals surface area contributed by atoms with Crippen LogP contribution in [0.5, 0.6) is 17.2 Å². The number of carbonyl (C=O) groups is 2. The summed E-state index contributed by atoms with van der Waals surface area (Å²) >= 11 is 0. The van der Waals surface area contributed by atoms with Gasteiger partial charge in [-0.1, -0.05) is 24.3 Å². The third-order valence-electron chi connectivity index (χ3n) is 6.78. The second-order valence-corrected chi connectivity index (χ2v) is 8.67. The maximum atomic E-state index is 13.6. The number of anilines is 2. The lowest BCUT2D eigenvalue weighted by molar-refractivity contribution is -0.132. The highest BCUT2D eigenvalue weighted by Gasteiger charge is 2.47. The van der Waals surface area contributed by atoms with Crippen molar-refractivity contribution in [3.05, 3.63) is 83.4 Å². The van der Waals surface area contributed by atoms with E-state index in [0.29, 0.717) is 28.5 Å². The van der Waals surface area contributed by atoms with Gasteiger partial charge in [-0.15, -0.1) is 0 Å². The maximum absolute atomic E-state index is 13.6. The molecule has 1 aliphatic rings. The number of hydrogen-bond donors (Lipinski definition) is 1. The molecule has 1 aliphatic heterocycles. The first-order valence-electron chi connectivity index (χ1n) is 12.4. The minimum atomic E-state index is -0.900. The molecule has 0 spiro atoms. The molecule has 38 heavy (non-hydrogen) atoms. The van der Waals surface area contributed by atoms with Crippen molar-refractivity contribution in [3.63, 3.8) is 0 Å². The van der Waals surface area contributed by atoms with Crippen molar-refractivity contribution in [2.45, 2.75) is 19.9 Å². The highest BCUT2D eigenvalue weighted by atomic mass is 16.5. The summed E-state index contributed by atoms with van der Waals surface area (Å²) in [4.78, 5) is 30.7. The normalized spacial score (nSPS) is 16.4. The number of Topliss-reactive ketones (excluding diaryl/α,β-unsaturated/α-hetero) is 1. The summed E-state index contributed by atoms with van der Waals surface area (Å²) in [5.74, 6) is -0.787. The van der Waals surface area contributed by atoms with Crippen molar-refractivity contribution in [2.24, 2.45) is 0 Å². The molecule has 3 aromatic carbocycles. The van der Waals surface area contributed by atoms with Gasteiger partial charge in [0.2, 0.25) is 0 Å². The molecule has 1 atom stereocenters. The van der Waals surface area contributed by atoms with E-state index in [1.165, 1.54) is 26.2 Å². The van der Waals surface area contributed by atoms with Gasteiger partial charge in [0.05, 0.1) is 32.9 Å². The predicted molar refractivity (Wildman–Crippen MR) is 147 cm³/mol. The summed E-state index contributed by atoms with van der Waals surface area (Å²) < 4.78 is 16.3. The fourth-order valence-electron chi connectivity index (χ4n) is 4.85. The second-order valence-electron chi connectivity index (χ2n) is 8.67. The first-order chi connectivity index (χ1) is 18.4. The highest BCUT2D eigenvalue weighted by molar-refractivity contribution is 6.51. The number of aliphatic hydroxyl groups excluding tert-OH is 1. The molecule has 198 valence electrons. The zero-order chi connectivity index (χ0) is 27.4. The zero-order valence-corrected chi connectivity index (χ0v) is 22.2. The quantitative estimate of drug-likeness (QED) is 0.238. The molecule has 0 saturated carbocycles. The van der Waals surface area contributed by atoms with Crippen LogP contribution in [0.4, 0.5) is 11.4 Å². The van der Waals surface area contributed by atoms with Gasteiger partial charge in [0.25, 0.3) is 11.7 Å². The van der Waals surface area contributed by atoms with Crippen LogP contribution >= 0.6 is 0 Å². The molecule has 0 radical (unpaired) electrons. The van der Waals surface area contributed by atoms with Gasteiger partial charge in [-0.05, 0) is 55.8 Å². The number of methoxy groups -OCH3 is 3. The Morgan fingerprint density at radius 3 is 2.03 bits per heavy atom. The zero-order valence-electron chi connectivity index (χ0n) is 22.2.